The lowest BCUT2D eigenvalue weighted by Gasteiger charge is -2.15. The van der Waals surface area contributed by atoms with Gasteiger partial charge in [0, 0.05) is 12.3 Å². The number of hydrogen-bond donors (Lipinski definition) is 1. The van der Waals surface area contributed by atoms with Gasteiger partial charge in [-0.2, -0.15) is 0 Å². The Bertz CT molecular complexity index is 400. The molecule has 0 heterocycles. The summed E-state index contributed by atoms with van der Waals surface area (Å²) < 4.78 is 22.2. The zero-order valence-corrected chi connectivity index (χ0v) is 10.6. The van der Waals surface area contributed by atoms with Crippen LogP contribution in [0.15, 0.2) is 30.3 Å². The third-order valence-corrected chi connectivity index (χ3v) is 3.55. The van der Waals surface area contributed by atoms with E-state index in [1.807, 2.05) is 25.2 Å². The van der Waals surface area contributed by atoms with E-state index < -0.39 is 9.84 Å². The fraction of sp³-hybridized carbons (Fsp3) is 0.500. The predicted molar refractivity (Wildman–Crippen MR) is 67.3 cm³/mol. The number of benzene rings is 1. The SMILES string of the molecule is CNC(CCS(C)(=O)=O)Cc1ccccc1. The van der Waals surface area contributed by atoms with E-state index in [-0.39, 0.29) is 11.8 Å². The van der Waals surface area contributed by atoms with Crippen molar-refractivity contribution in [3.8, 4) is 0 Å². The van der Waals surface area contributed by atoms with Crippen LogP contribution in [-0.2, 0) is 16.3 Å². The first-order valence-corrected chi connectivity index (χ1v) is 7.46. The number of sulfone groups is 1. The van der Waals surface area contributed by atoms with E-state index in [2.05, 4.69) is 17.4 Å². The molecular weight excluding hydrogens is 222 g/mol. The first-order chi connectivity index (χ1) is 7.51. The van der Waals surface area contributed by atoms with Gasteiger partial charge in [-0.15, -0.1) is 0 Å². The summed E-state index contributed by atoms with van der Waals surface area (Å²) in [5.41, 5.74) is 1.23. The molecule has 0 radical (unpaired) electrons. The van der Waals surface area contributed by atoms with Crippen LogP contribution in [0.2, 0.25) is 0 Å². The summed E-state index contributed by atoms with van der Waals surface area (Å²) in [6.45, 7) is 0. The summed E-state index contributed by atoms with van der Waals surface area (Å²) in [6, 6.07) is 10.3. The quantitative estimate of drug-likeness (QED) is 0.815. The standard InChI is InChI=1S/C12H19NO2S/c1-13-12(8-9-16(2,14)15)10-11-6-4-3-5-7-11/h3-7,12-13H,8-10H2,1-2H3. The highest BCUT2D eigenvalue weighted by Crippen LogP contribution is 2.06. The van der Waals surface area contributed by atoms with Crippen LogP contribution < -0.4 is 5.32 Å². The second kappa shape index (κ2) is 6.01. The van der Waals surface area contributed by atoms with Crippen LogP contribution in [0.1, 0.15) is 12.0 Å². The van der Waals surface area contributed by atoms with Crippen LogP contribution >= 0.6 is 0 Å². The molecule has 0 bridgehead atoms. The Morgan fingerprint density at radius 3 is 2.38 bits per heavy atom. The maximum absolute atomic E-state index is 11.1. The first-order valence-electron chi connectivity index (χ1n) is 5.40. The third-order valence-electron chi connectivity index (χ3n) is 2.57. The molecule has 1 atom stereocenters. The van der Waals surface area contributed by atoms with Crippen molar-refractivity contribution < 1.29 is 8.42 Å². The molecule has 0 fully saturated rings. The van der Waals surface area contributed by atoms with Gasteiger partial charge in [0.15, 0.2) is 0 Å². The van der Waals surface area contributed by atoms with Gasteiger partial charge in [0.1, 0.15) is 9.84 Å². The van der Waals surface area contributed by atoms with Crippen LogP contribution in [0.5, 0.6) is 0 Å². The van der Waals surface area contributed by atoms with Gasteiger partial charge in [0.25, 0.3) is 0 Å². The van der Waals surface area contributed by atoms with Crippen molar-refractivity contribution in [1.29, 1.82) is 0 Å². The van der Waals surface area contributed by atoms with Gasteiger partial charge in [-0.05, 0) is 25.5 Å². The Balaban J connectivity index is 2.50. The molecule has 0 aliphatic carbocycles. The number of likely N-dealkylation sites (N-methyl/N-ethyl adjacent to an activating group) is 1. The Labute approximate surface area is 97.8 Å². The van der Waals surface area contributed by atoms with Gasteiger partial charge in [0.2, 0.25) is 0 Å². The van der Waals surface area contributed by atoms with Crippen LogP contribution in [0.4, 0.5) is 0 Å². The van der Waals surface area contributed by atoms with E-state index in [1.165, 1.54) is 11.8 Å². The summed E-state index contributed by atoms with van der Waals surface area (Å²) >= 11 is 0. The highest BCUT2D eigenvalue weighted by atomic mass is 32.2. The van der Waals surface area contributed by atoms with E-state index in [9.17, 15) is 8.42 Å². The third kappa shape index (κ3) is 5.28. The topological polar surface area (TPSA) is 46.2 Å². The molecule has 1 aromatic carbocycles. The second-order valence-electron chi connectivity index (χ2n) is 4.09. The average molecular weight is 241 g/mol. The largest absolute Gasteiger partial charge is 0.317 e. The molecule has 4 heteroatoms. The van der Waals surface area contributed by atoms with Crippen LogP contribution in [0.3, 0.4) is 0 Å². The van der Waals surface area contributed by atoms with E-state index in [0.29, 0.717) is 6.42 Å². The monoisotopic (exact) mass is 241 g/mol. The average Bonchev–Trinajstić information content (AvgIpc) is 2.24. The molecule has 0 aliphatic rings. The molecule has 1 N–H and O–H groups in total. The Morgan fingerprint density at radius 1 is 1.25 bits per heavy atom. The van der Waals surface area contributed by atoms with Gasteiger partial charge in [-0.1, -0.05) is 30.3 Å². The second-order valence-corrected chi connectivity index (χ2v) is 6.35. The molecule has 16 heavy (non-hydrogen) atoms. The van der Waals surface area contributed by atoms with Gasteiger partial charge in [-0.3, -0.25) is 0 Å². The van der Waals surface area contributed by atoms with Crippen molar-refractivity contribution in [1.82, 2.24) is 5.32 Å². The zero-order chi connectivity index (χ0) is 12.0. The van der Waals surface area contributed by atoms with Crippen molar-refractivity contribution in [2.75, 3.05) is 19.1 Å². The van der Waals surface area contributed by atoms with E-state index in [0.717, 1.165) is 6.42 Å². The summed E-state index contributed by atoms with van der Waals surface area (Å²) in [7, 11) is -0.991. The molecule has 0 aromatic heterocycles. The molecule has 0 saturated heterocycles. The smallest absolute Gasteiger partial charge is 0.147 e. The Morgan fingerprint density at radius 2 is 1.88 bits per heavy atom. The minimum absolute atomic E-state index is 0.220. The maximum atomic E-state index is 11.1. The van der Waals surface area contributed by atoms with Gasteiger partial charge in [-0.25, -0.2) is 8.42 Å². The minimum atomic E-state index is -2.86. The lowest BCUT2D eigenvalue weighted by molar-refractivity contribution is 0.534. The van der Waals surface area contributed by atoms with Crippen molar-refractivity contribution >= 4 is 9.84 Å². The normalized spacial score (nSPS) is 13.6. The highest BCUT2D eigenvalue weighted by molar-refractivity contribution is 7.90. The molecule has 0 amide bonds. The fourth-order valence-electron chi connectivity index (χ4n) is 1.60. The van der Waals surface area contributed by atoms with Crippen molar-refractivity contribution in [2.24, 2.45) is 0 Å². The lowest BCUT2D eigenvalue weighted by Crippen LogP contribution is -2.29. The van der Waals surface area contributed by atoms with Gasteiger partial charge >= 0.3 is 0 Å². The van der Waals surface area contributed by atoms with Gasteiger partial charge < -0.3 is 5.32 Å². The summed E-state index contributed by atoms with van der Waals surface area (Å²) in [5.74, 6) is 0.241. The summed E-state index contributed by atoms with van der Waals surface area (Å²) in [6.07, 6.45) is 2.80. The van der Waals surface area contributed by atoms with Crippen LogP contribution in [0, 0.1) is 0 Å². The van der Waals surface area contributed by atoms with E-state index >= 15 is 0 Å². The zero-order valence-electron chi connectivity index (χ0n) is 9.81. The van der Waals surface area contributed by atoms with Crippen LogP contribution in [0.25, 0.3) is 0 Å². The molecule has 1 rings (SSSR count). The molecule has 90 valence electrons. The van der Waals surface area contributed by atoms with E-state index in [4.69, 9.17) is 0 Å². The number of nitrogens with one attached hydrogen (secondary N) is 1. The van der Waals surface area contributed by atoms with Crippen molar-refractivity contribution in [3.05, 3.63) is 35.9 Å². The summed E-state index contributed by atoms with van der Waals surface area (Å²) in [5, 5.41) is 3.16. The van der Waals surface area contributed by atoms with Crippen LogP contribution in [-0.4, -0.2) is 33.5 Å². The molecular formula is C12H19NO2S. The van der Waals surface area contributed by atoms with Crippen molar-refractivity contribution in [3.63, 3.8) is 0 Å². The first kappa shape index (κ1) is 13.2. The molecule has 1 unspecified atom stereocenters. The Hall–Kier alpha value is -0.870. The molecule has 0 spiro atoms. The van der Waals surface area contributed by atoms with E-state index in [1.54, 1.807) is 0 Å². The van der Waals surface area contributed by atoms with Crippen molar-refractivity contribution in [2.45, 2.75) is 18.9 Å². The fourth-order valence-corrected chi connectivity index (χ4v) is 2.32. The highest BCUT2D eigenvalue weighted by Gasteiger charge is 2.10. The predicted octanol–water partition coefficient (Wildman–Crippen LogP) is 1.25. The summed E-state index contributed by atoms with van der Waals surface area (Å²) in [4.78, 5) is 0. The molecule has 1 aromatic rings. The Kier molecular flexibility index (Phi) is 4.96. The minimum Gasteiger partial charge on any atom is -0.317 e. The lowest BCUT2D eigenvalue weighted by atomic mass is 10.0. The maximum Gasteiger partial charge on any atom is 0.147 e. The molecule has 0 aliphatic heterocycles. The number of hydrogen-bond acceptors (Lipinski definition) is 3. The molecule has 3 nitrogen and oxygen atoms in total. The molecule has 0 saturated carbocycles. The number of rotatable bonds is 6. The van der Waals surface area contributed by atoms with Gasteiger partial charge in [0.05, 0.1) is 5.75 Å².